The van der Waals surface area contributed by atoms with Crippen molar-refractivity contribution >= 4 is 56.4 Å². The van der Waals surface area contributed by atoms with Crippen LogP contribution >= 0.6 is 34.8 Å². The lowest BCUT2D eigenvalue weighted by Gasteiger charge is -2.26. The Labute approximate surface area is 173 Å². The summed E-state index contributed by atoms with van der Waals surface area (Å²) >= 11 is 18.2. The number of rotatable bonds is 4. The number of hydrogen-bond donors (Lipinski definition) is 1. The number of nitrogens with zero attached hydrogens (tertiary/aromatic N) is 1. The van der Waals surface area contributed by atoms with Gasteiger partial charge < -0.3 is 5.32 Å². The van der Waals surface area contributed by atoms with Gasteiger partial charge >= 0.3 is 0 Å². The van der Waals surface area contributed by atoms with Crippen molar-refractivity contribution in [1.82, 2.24) is 4.31 Å². The third kappa shape index (κ3) is 4.41. The molecule has 1 fully saturated rings. The van der Waals surface area contributed by atoms with Crippen LogP contribution in [0.5, 0.6) is 0 Å². The molecule has 2 aromatic carbocycles. The number of anilines is 1. The van der Waals surface area contributed by atoms with E-state index in [4.69, 9.17) is 34.8 Å². The zero-order chi connectivity index (χ0) is 19.6. The van der Waals surface area contributed by atoms with Crippen LogP contribution in [0.4, 0.5) is 5.69 Å². The minimum absolute atomic E-state index is 0.0381. The normalized spacial score (nSPS) is 15.5. The molecule has 5 nitrogen and oxygen atoms in total. The van der Waals surface area contributed by atoms with Crippen LogP contribution in [0.15, 0.2) is 41.3 Å². The van der Waals surface area contributed by atoms with E-state index < -0.39 is 15.9 Å². The van der Waals surface area contributed by atoms with E-state index in [9.17, 15) is 13.2 Å². The number of piperidine rings is 1. The Morgan fingerprint density at radius 3 is 2.37 bits per heavy atom. The highest BCUT2D eigenvalue weighted by Crippen LogP contribution is 2.31. The van der Waals surface area contributed by atoms with Gasteiger partial charge in [-0.3, -0.25) is 4.79 Å². The number of hydrogen-bond acceptors (Lipinski definition) is 3. The SMILES string of the molecule is O=C(Nc1cccc(Cl)c1Cl)c1cc(S(=O)(=O)N2CCCCC2)ccc1Cl. The summed E-state index contributed by atoms with van der Waals surface area (Å²) in [6.07, 6.45) is 2.67. The van der Waals surface area contributed by atoms with Crippen molar-refractivity contribution in [1.29, 1.82) is 0 Å². The predicted molar refractivity (Wildman–Crippen MR) is 108 cm³/mol. The molecule has 0 atom stereocenters. The lowest BCUT2D eigenvalue weighted by atomic mass is 10.2. The van der Waals surface area contributed by atoms with Gasteiger partial charge in [-0.1, -0.05) is 47.3 Å². The van der Waals surface area contributed by atoms with Gasteiger partial charge in [0.15, 0.2) is 0 Å². The summed E-state index contributed by atoms with van der Waals surface area (Å²) in [4.78, 5) is 12.7. The Bertz CT molecular complexity index is 974. The molecule has 2 aromatic rings. The van der Waals surface area contributed by atoms with Crippen LogP contribution in [0.2, 0.25) is 15.1 Å². The Morgan fingerprint density at radius 2 is 1.67 bits per heavy atom. The molecule has 0 aromatic heterocycles. The summed E-state index contributed by atoms with van der Waals surface area (Å²) < 4.78 is 27.1. The summed E-state index contributed by atoms with van der Waals surface area (Å²) in [6, 6.07) is 8.94. The molecule has 0 aliphatic carbocycles. The molecule has 3 rings (SSSR count). The van der Waals surface area contributed by atoms with E-state index in [0.717, 1.165) is 19.3 Å². The molecule has 1 aliphatic heterocycles. The Morgan fingerprint density at radius 1 is 0.963 bits per heavy atom. The fourth-order valence-electron chi connectivity index (χ4n) is 2.88. The van der Waals surface area contributed by atoms with Gasteiger partial charge in [-0.25, -0.2) is 8.42 Å². The summed E-state index contributed by atoms with van der Waals surface area (Å²) in [6.45, 7) is 0.954. The lowest BCUT2D eigenvalue weighted by molar-refractivity contribution is 0.102. The molecule has 1 saturated heterocycles. The maximum atomic E-state index is 12.8. The molecule has 9 heteroatoms. The zero-order valence-corrected chi connectivity index (χ0v) is 17.3. The summed E-state index contributed by atoms with van der Waals surface area (Å²) in [5, 5.41) is 3.25. The van der Waals surface area contributed by atoms with Gasteiger partial charge in [0, 0.05) is 13.1 Å². The number of amides is 1. The Kier molecular flexibility index (Phi) is 6.33. The molecule has 1 heterocycles. The first-order chi connectivity index (χ1) is 12.8. The summed E-state index contributed by atoms with van der Waals surface area (Å²) in [5.74, 6) is -0.570. The van der Waals surface area contributed by atoms with Gasteiger partial charge in [-0.15, -0.1) is 0 Å². The van der Waals surface area contributed by atoms with Crippen molar-refractivity contribution in [3.8, 4) is 0 Å². The fraction of sp³-hybridized carbons (Fsp3) is 0.278. The quantitative estimate of drug-likeness (QED) is 0.711. The van der Waals surface area contributed by atoms with Gasteiger partial charge in [-0.05, 0) is 43.2 Å². The first-order valence-corrected chi connectivity index (χ1v) is 10.9. The van der Waals surface area contributed by atoms with E-state index in [0.29, 0.717) is 23.8 Å². The van der Waals surface area contributed by atoms with Crippen LogP contribution in [0.3, 0.4) is 0 Å². The van der Waals surface area contributed by atoms with Crippen LogP contribution in [0.1, 0.15) is 29.6 Å². The predicted octanol–water partition coefficient (Wildman–Crippen LogP) is 5.07. The molecule has 0 bridgehead atoms. The maximum Gasteiger partial charge on any atom is 0.257 e. The molecular formula is C18H17Cl3N2O3S. The van der Waals surface area contributed by atoms with Gasteiger partial charge in [0.2, 0.25) is 10.0 Å². The molecule has 0 spiro atoms. The first kappa shape index (κ1) is 20.4. The first-order valence-electron chi connectivity index (χ1n) is 8.36. The van der Waals surface area contributed by atoms with Crippen LogP contribution in [0.25, 0.3) is 0 Å². The number of halogens is 3. The monoisotopic (exact) mass is 446 g/mol. The standard InChI is InChI=1S/C18H17Cl3N2O3S/c19-14-8-7-12(27(25,26)23-9-2-1-3-10-23)11-13(14)18(24)22-16-6-4-5-15(20)17(16)21/h4-8,11H,1-3,9-10H2,(H,22,24). The number of carbonyl (C=O) groups is 1. The van der Waals surface area contributed by atoms with E-state index in [1.54, 1.807) is 18.2 Å². The van der Waals surface area contributed by atoms with Crippen LogP contribution in [-0.2, 0) is 10.0 Å². The van der Waals surface area contributed by atoms with Crippen LogP contribution in [-0.4, -0.2) is 31.7 Å². The van der Waals surface area contributed by atoms with Crippen molar-refractivity contribution in [2.45, 2.75) is 24.2 Å². The topological polar surface area (TPSA) is 66.5 Å². The van der Waals surface area contributed by atoms with Gasteiger partial charge in [0.25, 0.3) is 5.91 Å². The second-order valence-electron chi connectivity index (χ2n) is 6.16. The van der Waals surface area contributed by atoms with Crippen molar-refractivity contribution in [2.24, 2.45) is 0 Å². The average molecular weight is 448 g/mol. The van der Waals surface area contributed by atoms with Gasteiger partial charge in [0.05, 0.1) is 31.2 Å². The highest BCUT2D eigenvalue weighted by Gasteiger charge is 2.27. The highest BCUT2D eigenvalue weighted by molar-refractivity contribution is 7.89. The Balaban J connectivity index is 1.91. The molecule has 0 saturated carbocycles. The Hall–Kier alpha value is -1.31. The minimum atomic E-state index is -3.68. The highest BCUT2D eigenvalue weighted by atomic mass is 35.5. The number of benzene rings is 2. The smallest absolute Gasteiger partial charge is 0.257 e. The summed E-state index contributed by atoms with van der Waals surface area (Å²) in [5.41, 5.74) is 0.361. The van der Waals surface area contributed by atoms with Crippen LogP contribution < -0.4 is 5.32 Å². The van der Waals surface area contributed by atoms with E-state index in [-0.39, 0.29) is 20.5 Å². The van der Waals surface area contributed by atoms with E-state index >= 15 is 0 Å². The average Bonchev–Trinajstić information content (AvgIpc) is 2.66. The second-order valence-corrected chi connectivity index (χ2v) is 9.29. The van der Waals surface area contributed by atoms with Crippen LogP contribution in [0, 0.1) is 0 Å². The van der Waals surface area contributed by atoms with E-state index in [1.807, 2.05) is 0 Å². The number of carbonyl (C=O) groups excluding carboxylic acids is 1. The van der Waals surface area contributed by atoms with Crippen molar-refractivity contribution in [3.05, 3.63) is 57.0 Å². The molecule has 0 radical (unpaired) electrons. The molecule has 1 aliphatic rings. The molecule has 1 N–H and O–H groups in total. The van der Waals surface area contributed by atoms with E-state index in [2.05, 4.69) is 5.32 Å². The molecule has 1 amide bonds. The van der Waals surface area contributed by atoms with Crippen molar-refractivity contribution in [2.75, 3.05) is 18.4 Å². The number of nitrogens with one attached hydrogen (secondary N) is 1. The van der Waals surface area contributed by atoms with Gasteiger partial charge in [-0.2, -0.15) is 4.31 Å². The molecule has 0 unspecified atom stereocenters. The fourth-order valence-corrected chi connectivity index (χ4v) is 4.98. The van der Waals surface area contributed by atoms with Crippen molar-refractivity contribution in [3.63, 3.8) is 0 Å². The molecular weight excluding hydrogens is 431 g/mol. The third-order valence-corrected chi connectivity index (χ3v) is 7.38. The largest absolute Gasteiger partial charge is 0.321 e. The second kappa shape index (κ2) is 8.37. The molecule has 144 valence electrons. The minimum Gasteiger partial charge on any atom is -0.321 e. The molecule has 27 heavy (non-hydrogen) atoms. The lowest BCUT2D eigenvalue weighted by Crippen LogP contribution is -2.35. The van der Waals surface area contributed by atoms with Crippen molar-refractivity contribution < 1.29 is 13.2 Å². The maximum absolute atomic E-state index is 12.8. The zero-order valence-electron chi connectivity index (χ0n) is 14.2. The number of sulfonamides is 1. The van der Waals surface area contributed by atoms with Gasteiger partial charge in [0.1, 0.15) is 0 Å². The summed E-state index contributed by atoms with van der Waals surface area (Å²) in [7, 11) is -3.68. The third-order valence-electron chi connectivity index (χ3n) is 4.34. The van der Waals surface area contributed by atoms with E-state index in [1.165, 1.54) is 22.5 Å².